The Balaban J connectivity index is 0.718. The van der Waals surface area contributed by atoms with Crippen LogP contribution in [0.3, 0.4) is 0 Å². The van der Waals surface area contributed by atoms with Crippen molar-refractivity contribution in [3.8, 4) is 6.07 Å². The summed E-state index contributed by atoms with van der Waals surface area (Å²) in [6.45, 7) is 11.8. The topological polar surface area (TPSA) is 166 Å². The van der Waals surface area contributed by atoms with E-state index in [2.05, 4.69) is 52.3 Å². The second-order valence-electron chi connectivity index (χ2n) is 18.2. The van der Waals surface area contributed by atoms with Crippen molar-refractivity contribution in [1.29, 1.82) is 5.26 Å². The average molecular weight is 892 g/mol. The summed E-state index contributed by atoms with van der Waals surface area (Å²) in [4.78, 5) is 80.8. The molecule has 0 bridgehead atoms. The molecule has 2 aromatic carbocycles. The predicted molar refractivity (Wildman–Crippen MR) is 247 cm³/mol. The van der Waals surface area contributed by atoms with Crippen LogP contribution in [-0.2, 0) is 14.4 Å². The average Bonchev–Trinajstić information content (AvgIpc) is 3.32. The van der Waals surface area contributed by atoms with E-state index < -0.39 is 17.9 Å². The monoisotopic (exact) mass is 890 g/mol. The van der Waals surface area contributed by atoms with E-state index in [0.717, 1.165) is 134 Å². The molecule has 0 spiro atoms. The van der Waals surface area contributed by atoms with Crippen molar-refractivity contribution in [3.63, 3.8) is 0 Å². The fraction of sp³-hybridized carbons (Fsp3) is 0.521. The van der Waals surface area contributed by atoms with Gasteiger partial charge < -0.3 is 34.7 Å². The lowest BCUT2D eigenvalue weighted by molar-refractivity contribution is -0.136. The van der Waals surface area contributed by atoms with Crippen LogP contribution in [0.25, 0.3) is 0 Å². The lowest BCUT2D eigenvalue weighted by Crippen LogP contribution is -2.53. The van der Waals surface area contributed by atoms with Gasteiger partial charge in [-0.1, -0.05) is 11.6 Å². The van der Waals surface area contributed by atoms with E-state index in [1.54, 1.807) is 25.2 Å². The first-order valence-electron chi connectivity index (χ1n) is 22.9. The van der Waals surface area contributed by atoms with Crippen molar-refractivity contribution in [2.45, 2.75) is 57.4 Å². The highest BCUT2D eigenvalue weighted by molar-refractivity contribution is 6.32. The Morgan fingerprint density at radius 3 is 1.91 bits per heavy atom. The fourth-order valence-electron chi connectivity index (χ4n) is 10.1. The van der Waals surface area contributed by atoms with Crippen LogP contribution in [-0.4, -0.2) is 141 Å². The summed E-state index contributed by atoms with van der Waals surface area (Å²) in [7, 11) is 1.55. The van der Waals surface area contributed by atoms with Crippen LogP contribution in [0.1, 0.15) is 77.6 Å². The summed E-state index contributed by atoms with van der Waals surface area (Å²) in [5.74, 6) is 0.555. The lowest BCUT2D eigenvalue weighted by atomic mass is 9.94. The molecule has 5 aliphatic heterocycles. The van der Waals surface area contributed by atoms with Gasteiger partial charge in [-0.25, -0.2) is 4.98 Å². The number of aldehydes is 1. The summed E-state index contributed by atoms with van der Waals surface area (Å²) in [6.07, 6.45) is 8.87. The molecule has 338 valence electrons. The largest absolute Gasteiger partial charge is 0.371 e. The van der Waals surface area contributed by atoms with Crippen molar-refractivity contribution in [1.82, 2.24) is 25.0 Å². The maximum Gasteiger partial charge on any atom is 0.255 e. The van der Waals surface area contributed by atoms with E-state index in [1.807, 2.05) is 30.5 Å². The minimum Gasteiger partial charge on any atom is -0.371 e. The number of nitriles is 1. The molecule has 8 rings (SSSR count). The molecular weight excluding hydrogens is 832 g/mol. The SMILES string of the molecule is CN(C(=O)c1cc(N2CCC(CN3CCN(CC4CCN(c5ccc(NC(=O)C6CCN(c7ccc(C#N)c(Cl)c7)CC6)nc5)CC4)CC3)CC2)ccc1C=O)C1CCC(=O)NC1=O. The number of amides is 4. The molecule has 64 heavy (non-hydrogen) atoms. The number of pyridine rings is 1. The molecule has 5 fully saturated rings. The number of hydrogen-bond acceptors (Lipinski definition) is 12. The van der Waals surface area contributed by atoms with Crippen LogP contribution >= 0.6 is 11.6 Å². The quantitative estimate of drug-likeness (QED) is 0.187. The molecule has 16 heteroatoms. The third kappa shape index (κ3) is 10.7. The summed E-state index contributed by atoms with van der Waals surface area (Å²) in [6, 6.07) is 16.2. The van der Waals surface area contributed by atoms with Crippen LogP contribution in [0.2, 0.25) is 5.02 Å². The Morgan fingerprint density at radius 2 is 1.36 bits per heavy atom. The van der Waals surface area contributed by atoms with Gasteiger partial charge in [-0.05, 0) is 105 Å². The van der Waals surface area contributed by atoms with E-state index in [9.17, 15) is 24.0 Å². The summed E-state index contributed by atoms with van der Waals surface area (Å²) in [5, 5.41) is 15.0. The van der Waals surface area contributed by atoms with Gasteiger partial charge in [0.15, 0.2) is 6.29 Å². The van der Waals surface area contributed by atoms with Crippen molar-refractivity contribution in [2.75, 3.05) is 106 Å². The Hall–Kier alpha value is -5.56. The Labute approximate surface area is 380 Å². The Morgan fingerprint density at radius 1 is 0.797 bits per heavy atom. The predicted octanol–water partition coefficient (Wildman–Crippen LogP) is 4.90. The van der Waals surface area contributed by atoms with Crippen LogP contribution in [0.15, 0.2) is 54.7 Å². The minimum absolute atomic E-state index is 0.00608. The van der Waals surface area contributed by atoms with Crippen LogP contribution in [0, 0.1) is 29.1 Å². The van der Waals surface area contributed by atoms with Gasteiger partial charge in [-0.3, -0.25) is 29.3 Å². The molecule has 15 nitrogen and oxygen atoms in total. The van der Waals surface area contributed by atoms with Crippen molar-refractivity contribution < 1.29 is 24.0 Å². The first kappa shape index (κ1) is 45.0. The van der Waals surface area contributed by atoms with Crippen molar-refractivity contribution in [3.05, 3.63) is 76.4 Å². The Bertz CT molecular complexity index is 2220. The van der Waals surface area contributed by atoms with Gasteiger partial charge in [0, 0.05) is 115 Å². The van der Waals surface area contributed by atoms with Gasteiger partial charge >= 0.3 is 0 Å². The van der Waals surface area contributed by atoms with Gasteiger partial charge in [0.25, 0.3) is 5.91 Å². The number of benzene rings is 2. The molecular formula is C48H59ClN10O5. The molecule has 5 aliphatic rings. The van der Waals surface area contributed by atoms with E-state index in [4.69, 9.17) is 16.9 Å². The highest BCUT2D eigenvalue weighted by Gasteiger charge is 2.34. The number of halogens is 1. The van der Waals surface area contributed by atoms with Crippen molar-refractivity contribution in [2.24, 2.45) is 17.8 Å². The van der Waals surface area contributed by atoms with Crippen molar-refractivity contribution >= 4 is 64.4 Å². The van der Waals surface area contributed by atoms with E-state index in [1.165, 1.54) is 4.90 Å². The highest BCUT2D eigenvalue weighted by atomic mass is 35.5. The number of carbonyl (C=O) groups excluding carboxylic acids is 5. The zero-order valence-corrected chi connectivity index (χ0v) is 37.5. The summed E-state index contributed by atoms with van der Waals surface area (Å²) in [5.41, 5.74) is 3.99. The second kappa shape index (κ2) is 20.5. The van der Waals surface area contributed by atoms with Gasteiger partial charge in [0.2, 0.25) is 17.7 Å². The summed E-state index contributed by atoms with van der Waals surface area (Å²) < 4.78 is 0. The molecule has 2 N–H and O–H groups in total. The summed E-state index contributed by atoms with van der Waals surface area (Å²) >= 11 is 6.25. The standard InChI is InChI=1S/C48H59ClN10O5/c1-54(43-7-9-45(61)53-47(43)63)48(64)41-26-38(5-3-37(41)32-60)57-16-10-33(11-17-57)30-55-22-24-56(25-23-55)31-34-12-18-59(19-13-34)40-6-8-44(51-29-40)52-46(62)35-14-20-58(21-15-35)39-4-2-36(28-50)42(49)27-39/h2-6,8,26-27,29,32-35,43H,7,9-25,30-31H2,1H3,(H,51,52,62)(H,53,61,63). The molecule has 6 heterocycles. The second-order valence-corrected chi connectivity index (χ2v) is 18.6. The third-order valence-electron chi connectivity index (χ3n) is 14.2. The molecule has 0 radical (unpaired) electrons. The number of aromatic nitrogens is 1. The number of nitrogens with zero attached hydrogens (tertiary/aromatic N) is 8. The van der Waals surface area contributed by atoms with E-state index in [0.29, 0.717) is 34.5 Å². The Kier molecular flexibility index (Phi) is 14.4. The first-order valence-corrected chi connectivity index (χ1v) is 23.3. The maximum atomic E-state index is 13.5. The molecule has 1 unspecified atom stereocenters. The number of carbonyl (C=O) groups is 5. The van der Waals surface area contributed by atoms with E-state index in [-0.39, 0.29) is 41.7 Å². The smallest absolute Gasteiger partial charge is 0.255 e. The molecule has 1 aromatic heterocycles. The lowest BCUT2D eigenvalue weighted by Gasteiger charge is -2.41. The van der Waals surface area contributed by atoms with Crippen LogP contribution in [0.4, 0.5) is 22.9 Å². The van der Waals surface area contributed by atoms with Gasteiger partial charge in [0.1, 0.15) is 17.9 Å². The van der Waals surface area contributed by atoms with Crippen LogP contribution in [0.5, 0.6) is 0 Å². The number of hydrogen-bond donors (Lipinski definition) is 2. The number of imide groups is 1. The molecule has 3 aromatic rings. The normalized spacial score (nSPS) is 21.0. The zero-order valence-electron chi connectivity index (χ0n) is 36.7. The molecule has 5 saturated heterocycles. The molecule has 4 amide bonds. The van der Waals surface area contributed by atoms with Gasteiger partial charge in [-0.2, -0.15) is 5.26 Å². The number of anilines is 4. The van der Waals surface area contributed by atoms with Gasteiger partial charge in [0.05, 0.1) is 28.0 Å². The van der Waals surface area contributed by atoms with Crippen LogP contribution < -0.4 is 25.3 Å². The van der Waals surface area contributed by atoms with E-state index >= 15 is 0 Å². The van der Waals surface area contributed by atoms with Gasteiger partial charge in [-0.15, -0.1) is 0 Å². The maximum absolute atomic E-state index is 13.5. The number of nitrogens with one attached hydrogen (secondary N) is 2. The molecule has 0 aliphatic carbocycles. The fourth-order valence-corrected chi connectivity index (χ4v) is 10.3. The first-order chi connectivity index (χ1) is 31.0. The zero-order chi connectivity index (χ0) is 44.7. The third-order valence-corrected chi connectivity index (χ3v) is 14.5. The molecule has 0 saturated carbocycles. The number of piperazine rings is 1. The minimum atomic E-state index is -0.755. The molecule has 1 atom stereocenters. The number of likely N-dealkylation sites (N-methyl/N-ethyl adjacent to an activating group) is 1. The highest BCUT2D eigenvalue weighted by Crippen LogP contribution is 2.31. The number of rotatable bonds is 12. The number of piperidine rings is 4.